The summed E-state index contributed by atoms with van der Waals surface area (Å²) in [4.78, 5) is 0. The number of anilines is 1. The van der Waals surface area contributed by atoms with Gasteiger partial charge in [-0.15, -0.1) is 0 Å². The van der Waals surface area contributed by atoms with Gasteiger partial charge in [-0.1, -0.05) is 78.9 Å². The minimum Gasteiger partial charge on any atom is -0.398 e. The highest BCUT2D eigenvalue weighted by Gasteiger charge is 2.18. The lowest BCUT2D eigenvalue weighted by molar-refractivity contribution is 1.49. The maximum absolute atomic E-state index is 6.37. The summed E-state index contributed by atoms with van der Waals surface area (Å²) < 4.78 is 0. The maximum Gasteiger partial charge on any atom is 0.0428 e. The average molecular weight is 291 g/mol. The molecule has 0 aliphatic carbocycles. The number of hydrogen-bond acceptors (Lipinski definition) is 1. The van der Waals surface area contributed by atoms with Gasteiger partial charge in [0.1, 0.15) is 0 Å². The number of aryl methyl sites for hydroxylation is 1. The van der Waals surface area contributed by atoms with Crippen LogP contribution in [-0.4, -0.2) is 0 Å². The second-order valence-electron chi connectivity index (χ2n) is 5.01. The van der Waals surface area contributed by atoms with Crippen LogP contribution >= 0.6 is 7.92 Å². The molecule has 0 aromatic heterocycles. The highest BCUT2D eigenvalue weighted by molar-refractivity contribution is 7.80. The molecule has 0 spiro atoms. The van der Waals surface area contributed by atoms with Crippen molar-refractivity contribution in [2.45, 2.75) is 6.92 Å². The van der Waals surface area contributed by atoms with Crippen LogP contribution in [0.3, 0.4) is 0 Å². The first-order chi connectivity index (χ1) is 10.3. The van der Waals surface area contributed by atoms with E-state index in [1.54, 1.807) is 0 Å². The number of rotatable bonds is 3. The third-order valence-corrected chi connectivity index (χ3v) is 6.07. The summed E-state index contributed by atoms with van der Waals surface area (Å²) in [6.07, 6.45) is 0. The van der Waals surface area contributed by atoms with Gasteiger partial charge in [-0.25, -0.2) is 0 Å². The summed E-state index contributed by atoms with van der Waals surface area (Å²) in [5.74, 6) is 0. The van der Waals surface area contributed by atoms with Gasteiger partial charge in [0.15, 0.2) is 0 Å². The fourth-order valence-corrected chi connectivity index (χ4v) is 4.89. The van der Waals surface area contributed by atoms with Crippen LogP contribution in [0, 0.1) is 6.92 Å². The lowest BCUT2D eigenvalue weighted by Crippen LogP contribution is -2.23. The predicted molar refractivity (Wildman–Crippen MR) is 94.3 cm³/mol. The molecule has 0 saturated carbocycles. The highest BCUT2D eigenvalue weighted by Crippen LogP contribution is 2.35. The number of para-hydroxylation sites is 1. The molecular formula is C19H18NP. The third-order valence-electron chi connectivity index (χ3n) is 3.57. The Hall–Kier alpha value is -2.11. The molecule has 0 aliphatic heterocycles. The summed E-state index contributed by atoms with van der Waals surface area (Å²) >= 11 is 0. The largest absolute Gasteiger partial charge is 0.398 e. The summed E-state index contributed by atoms with van der Waals surface area (Å²) in [5.41, 5.74) is 8.43. The van der Waals surface area contributed by atoms with E-state index >= 15 is 0 Å². The first-order valence-corrected chi connectivity index (χ1v) is 8.37. The Labute approximate surface area is 127 Å². The van der Waals surface area contributed by atoms with Crippen molar-refractivity contribution in [1.82, 2.24) is 0 Å². The molecule has 0 fully saturated rings. The van der Waals surface area contributed by atoms with Gasteiger partial charge in [-0.3, -0.25) is 0 Å². The molecule has 0 unspecified atom stereocenters. The van der Waals surface area contributed by atoms with Gasteiger partial charge >= 0.3 is 0 Å². The van der Waals surface area contributed by atoms with Gasteiger partial charge in [-0.2, -0.15) is 0 Å². The molecule has 0 atom stereocenters. The van der Waals surface area contributed by atoms with Crippen molar-refractivity contribution < 1.29 is 0 Å². The molecule has 0 heterocycles. The average Bonchev–Trinajstić information content (AvgIpc) is 2.54. The number of benzene rings is 3. The van der Waals surface area contributed by atoms with Crippen molar-refractivity contribution in [3.05, 3.63) is 84.4 Å². The van der Waals surface area contributed by atoms with Crippen molar-refractivity contribution in [2.24, 2.45) is 0 Å². The molecule has 2 heteroatoms. The van der Waals surface area contributed by atoms with E-state index in [9.17, 15) is 0 Å². The highest BCUT2D eigenvalue weighted by atomic mass is 31.1. The van der Waals surface area contributed by atoms with E-state index in [4.69, 9.17) is 5.73 Å². The zero-order valence-corrected chi connectivity index (χ0v) is 12.9. The van der Waals surface area contributed by atoms with Crippen LogP contribution in [-0.2, 0) is 0 Å². The molecule has 0 amide bonds. The first-order valence-electron chi connectivity index (χ1n) is 7.02. The van der Waals surface area contributed by atoms with Crippen LogP contribution in [0.2, 0.25) is 0 Å². The fourth-order valence-electron chi connectivity index (χ4n) is 2.44. The van der Waals surface area contributed by atoms with Crippen LogP contribution in [0.15, 0.2) is 78.9 Å². The van der Waals surface area contributed by atoms with Gasteiger partial charge in [0.25, 0.3) is 0 Å². The van der Waals surface area contributed by atoms with Crippen molar-refractivity contribution in [2.75, 3.05) is 5.73 Å². The van der Waals surface area contributed by atoms with E-state index in [1.807, 2.05) is 0 Å². The van der Waals surface area contributed by atoms with Crippen LogP contribution in [0.1, 0.15) is 5.56 Å². The van der Waals surface area contributed by atoms with Gasteiger partial charge in [0.2, 0.25) is 0 Å². The molecule has 3 aromatic rings. The Morgan fingerprint density at radius 2 is 1.19 bits per heavy atom. The van der Waals surface area contributed by atoms with E-state index in [1.165, 1.54) is 15.9 Å². The SMILES string of the molecule is Cc1cccc(P(c2ccccc2)c2ccccc2)c1N. The minimum absolute atomic E-state index is 0.608. The van der Waals surface area contributed by atoms with Crippen LogP contribution in [0.5, 0.6) is 0 Å². The summed E-state index contributed by atoms with van der Waals surface area (Å²) in [5, 5.41) is 3.90. The molecule has 104 valence electrons. The number of nitrogens with two attached hydrogens (primary N) is 1. The van der Waals surface area contributed by atoms with E-state index in [0.717, 1.165) is 11.3 Å². The molecule has 2 N–H and O–H groups in total. The molecule has 3 aromatic carbocycles. The summed E-state index contributed by atoms with van der Waals surface area (Å²) in [6.45, 7) is 2.07. The monoisotopic (exact) mass is 291 g/mol. The smallest absolute Gasteiger partial charge is 0.0428 e. The summed E-state index contributed by atoms with van der Waals surface area (Å²) in [6, 6.07) is 27.6. The van der Waals surface area contributed by atoms with E-state index < -0.39 is 7.92 Å². The molecule has 21 heavy (non-hydrogen) atoms. The normalized spacial score (nSPS) is 10.8. The quantitative estimate of drug-likeness (QED) is 0.581. The first kappa shape index (κ1) is 13.9. The topological polar surface area (TPSA) is 26.0 Å². The number of nitrogen functional groups attached to an aromatic ring is 1. The maximum atomic E-state index is 6.37. The van der Waals surface area contributed by atoms with Crippen molar-refractivity contribution in [1.29, 1.82) is 0 Å². The fraction of sp³-hybridized carbons (Fsp3) is 0.0526. The molecular weight excluding hydrogens is 273 g/mol. The van der Waals surface area contributed by atoms with Gasteiger partial charge in [-0.05, 0) is 31.0 Å². The molecule has 0 saturated heterocycles. The van der Waals surface area contributed by atoms with E-state index in [0.29, 0.717) is 0 Å². The minimum atomic E-state index is -0.608. The Morgan fingerprint density at radius 3 is 1.71 bits per heavy atom. The van der Waals surface area contributed by atoms with E-state index in [2.05, 4.69) is 85.8 Å². The van der Waals surface area contributed by atoms with Crippen LogP contribution in [0.4, 0.5) is 5.69 Å². The van der Waals surface area contributed by atoms with Crippen molar-refractivity contribution in [3.63, 3.8) is 0 Å². The Balaban J connectivity index is 2.20. The Kier molecular flexibility index (Phi) is 4.03. The number of hydrogen-bond donors (Lipinski definition) is 1. The van der Waals surface area contributed by atoms with Gasteiger partial charge in [0, 0.05) is 11.0 Å². The lowest BCUT2D eigenvalue weighted by Gasteiger charge is -2.21. The molecule has 0 bridgehead atoms. The second kappa shape index (κ2) is 6.11. The lowest BCUT2D eigenvalue weighted by atomic mass is 10.2. The zero-order valence-electron chi connectivity index (χ0n) is 12.0. The predicted octanol–water partition coefficient (Wildman–Crippen LogP) is 3.34. The van der Waals surface area contributed by atoms with Crippen molar-refractivity contribution in [3.8, 4) is 0 Å². The molecule has 0 radical (unpaired) electrons. The zero-order chi connectivity index (χ0) is 14.7. The Bertz CT molecular complexity index is 684. The molecule has 0 aliphatic rings. The molecule has 3 rings (SSSR count). The third kappa shape index (κ3) is 2.84. The standard InChI is InChI=1S/C19H18NP/c1-15-9-8-14-18(19(15)20)21(16-10-4-2-5-11-16)17-12-6-3-7-13-17/h2-14H,20H2,1H3. The summed E-state index contributed by atoms with van der Waals surface area (Å²) in [7, 11) is -0.608. The molecule has 1 nitrogen and oxygen atoms in total. The van der Waals surface area contributed by atoms with Gasteiger partial charge < -0.3 is 5.73 Å². The van der Waals surface area contributed by atoms with Gasteiger partial charge in [0.05, 0.1) is 0 Å². The van der Waals surface area contributed by atoms with E-state index in [-0.39, 0.29) is 0 Å². The van der Waals surface area contributed by atoms with Crippen molar-refractivity contribution >= 4 is 29.5 Å². The van der Waals surface area contributed by atoms with Crippen LogP contribution in [0.25, 0.3) is 0 Å². The Morgan fingerprint density at radius 1 is 0.667 bits per heavy atom. The second-order valence-corrected chi connectivity index (χ2v) is 7.20. The van der Waals surface area contributed by atoms with Crippen LogP contribution < -0.4 is 21.6 Å².